The van der Waals surface area contributed by atoms with E-state index in [4.69, 9.17) is 4.43 Å². The number of Topliss-reactive ketones (excluding diaryl/α,β-unsaturated/α-hetero) is 1. The topological polar surface area (TPSA) is 83.9 Å². The minimum Gasteiger partial charge on any atom is -0.412 e. The van der Waals surface area contributed by atoms with Crippen molar-refractivity contribution >= 4 is 24.1 Å². The van der Waals surface area contributed by atoms with Gasteiger partial charge >= 0.3 is 0 Å². The summed E-state index contributed by atoms with van der Waals surface area (Å²) >= 11 is 0. The van der Waals surface area contributed by atoms with E-state index in [0.29, 0.717) is 12.8 Å². The van der Waals surface area contributed by atoms with Crippen LogP contribution in [0.5, 0.6) is 0 Å². The fourth-order valence-corrected chi connectivity index (χ4v) is 8.04. The Balaban J connectivity index is 2.26. The molecule has 45 heavy (non-hydrogen) atoms. The standard InChI is InChI=1S/C37H53NO5SSi/c1-28-20-23-31(24-21-28)44(41,42)38(27-30-18-14-11-15-19-30)35(32(39)26-34(40)36(2,3)4)33(43-45(8,9)37(5,6)7)25-22-29-16-12-10-13-17-29/h10-21,23-24,32-33,35,39H,22,25-27H2,1-9H3/t32-,33-,35-/m0/s1. The number of aryl methyl sites for hydroxylation is 2. The van der Waals surface area contributed by atoms with Gasteiger partial charge in [0.05, 0.1) is 23.1 Å². The predicted octanol–water partition coefficient (Wildman–Crippen LogP) is 7.94. The number of aliphatic hydroxyl groups excluding tert-OH is 1. The minimum atomic E-state index is -4.15. The van der Waals surface area contributed by atoms with Gasteiger partial charge in [-0.25, -0.2) is 8.42 Å². The number of sulfonamides is 1. The fraction of sp³-hybridized carbons (Fsp3) is 0.486. The zero-order valence-corrected chi connectivity index (χ0v) is 30.4. The van der Waals surface area contributed by atoms with E-state index in [2.05, 4.69) is 33.9 Å². The Kier molecular flexibility index (Phi) is 12.2. The molecule has 0 heterocycles. The van der Waals surface area contributed by atoms with Crippen molar-refractivity contribution in [1.82, 2.24) is 4.31 Å². The van der Waals surface area contributed by atoms with Crippen LogP contribution in [0, 0.1) is 12.3 Å². The number of carbonyl (C=O) groups excluding carboxylic acids is 1. The number of aliphatic hydroxyl groups is 1. The highest BCUT2D eigenvalue weighted by molar-refractivity contribution is 7.89. The van der Waals surface area contributed by atoms with Gasteiger partial charge in [-0.15, -0.1) is 0 Å². The number of hydrogen-bond acceptors (Lipinski definition) is 5. The molecule has 0 unspecified atom stereocenters. The molecule has 0 bridgehead atoms. The van der Waals surface area contributed by atoms with Crippen LogP contribution in [-0.2, 0) is 32.2 Å². The van der Waals surface area contributed by atoms with Crippen LogP contribution in [-0.4, -0.2) is 50.2 Å². The summed E-state index contributed by atoms with van der Waals surface area (Å²) in [5.74, 6) is -0.137. The van der Waals surface area contributed by atoms with Gasteiger partial charge in [-0.2, -0.15) is 4.31 Å². The first-order valence-electron chi connectivity index (χ1n) is 15.9. The van der Waals surface area contributed by atoms with Gasteiger partial charge in [-0.1, -0.05) is 120 Å². The van der Waals surface area contributed by atoms with E-state index in [1.165, 1.54) is 4.31 Å². The van der Waals surface area contributed by atoms with Gasteiger partial charge < -0.3 is 9.53 Å². The molecule has 8 heteroatoms. The second-order valence-corrected chi connectivity index (χ2v) is 21.4. The van der Waals surface area contributed by atoms with Gasteiger partial charge in [0.2, 0.25) is 10.0 Å². The zero-order chi connectivity index (χ0) is 33.6. The molecule has 3 aromatic carbocycles. The van der Waals surface area contributed by atoms with Gasteiger partial charge in [0.15, 0.2) is 8.32 Å². The van der Waals surface area contributed by atoms with E-state index < -0.39 is 42.0 Å². The number of rotatable bonds is 14. The molecule has 3 atom stereocenters. The highest BCUT2D eigenvalue weighted by Gasteiger charge is 2.47. The lowest BCUT2D eigenvalue weighted by Gasteiger charge is -2.45. The Hall–Kier alpha value is -2.62. The van der Waals surface area contributed by atoms with Crippen LogP contribution in [0.15, 0.2) is 89.8 Å². The Labute approximate surface area is 273 Å². The number of ketones is 1. The van der Waals surface area contributed by atoms with E-state index in [-0.39, 0.29) is 28.7 Å². The Morgan fingerprint density at radius 2 is 1.36 bits per heavy atom. The molecule has 0 saturated carbocycles. The molecule has 0 aliphatic rings. The molecule has 3 rings (SSSR count). The third-order valence-corrected chi connectivity index (χ3v) is 15.3. The Morgan fingerprint density at radius 1 is 0.844 bits per heavy atom. The SMILES string of the molecule is Cc1ccc(S(=O)(=O)N(Cc2ccccc2)[C@H]([C@H](CCc2ccccc2)O[Si](C)(C)C(C)(C)C)[C@@H](O)CC(=O)C(C)(C)C)cc1. The molecular weight excluding hydrogens is 599 g/mol. The van der Waals surface area contributed by atoms with Crippen molar-refractivity contribution < 1.29 is 22.7 Å². The highest BCUT2D eigenvalue weighted by atomic mass is 32.2. The first kappa shape index (κ1) is 36.8. The molecule has 0 radical (unpaired) electrons. The summed E-state index contributed by atoms with van der Waals surface area (Å²) in [6, 6.07) is 25.2. The Morgan fingerprint density at radius 3 is 1.84 bits per heavy atom. The lowest BCUT2D eigenvalue weighted by atomic mass is 9.85. The van der Waals surface area contributed by atoms with Gasteiger partial charge in [0, 0.05) is 18.4 Å². The lowest BCUT2D eigenvalue weighted by Crippen LogP contribution is -2.58. The van der Waals surface area contributed by atoms with Gasteiger partial charge in [-0.05, 0) is 61.2 Å². The van der Waals surface area contributed by atoms with Crippen LogP contribution in [0.25, 0.3) is 0 Å². The molecule has 0 spiro atoms. The summed E-state index contributed by atoms with van der Waals surface area (Å²) in [4.78, 5) is 13.5. The molecule has 0 saturated heterocycles. The van der Waals surface area contributed by atoms with Crippen LogP contribution in [0.2, 0.25) is 18.1 Å². The maximum absolute atomic E-state index is 14.7. The molecule has 0 fully saturated rings. The maximum Gasteiger partial charge on any atom is 0.243 e. The number of benzene rings is 3. The van der Waals surface area contributed by atoms with E-state index in [0.717, 1.165) is 16.7 Å². The summed E-state index contributed by atoms with van der Waals surface area (Å²) in [5, 5.41) is 11.9. The largest absolute Gasteiger partial charge is 0.412 e. The summed E-state index contributed by atoms with van der Waals surface area (Å²) < 4.78 is 37.9. The third-order valence-electron chi connectivity index (χ3n) is 8.96. The van der Waals surface area contributed by atoms with E-state index >= 15 is 0 Å². The van der Waals surface area contributed by atoms with Crippen LogP contribution in [0.4, 0.5) is 0 Å². The van der Waals surface area contributed by atoms with Crippen molar-refractivity contribution in [2.24, 2.45) is 5.41 Å². The lowest BCUT2D eigenvalue weighted by molar-refractivity contribution is -0.129. The first-order chi connectivity index (χ1) is 20.8. The summed E-state index contributed by atoms with van der Waals surface area (Å²) in [5.41, 5.74) is 2.11. The quantitative estimate of drug-likeness (QED) is 0.179. The average Bonchev–Trinajstić information content (AvgIpc) is 2.95. The Bertz CT molecular complexity index is 1480. The summed E-state index contributed by atoms with van der Waals surface area (Å²) in [6.07, 6.45) is -1.08. The third kappa shape index (κ3) is 9.93. The molecule has 246 valence electrons. The van der Waals surface area contributed by atoms with E-state index in [1.807, 2.05) is 88.4 Å². The molecule has 0 aliphatic carbocycles. The first-order valence-corrected chi connectivity index (χ1v) is 20.2. The zero-order valence-electron chi connectivity index (χ0n) is 28.6. The van der Waals surface area contributed by atoms with Gasteiger partial charge in [0.25, 0.3) is 0 Å². The second kappa shape index (κ2) is 14.9. The number of carbonyl (C=O) groups is 1. The maximum atomic E-state index is 14.7. The van der Waals surface area contributed by atoms with Gasteiger partial charge in [-0.3, -0.25) is 4.79 Å². The van der Waals surface area contributed by atoms with E-state index in [9.17, 15) is 18.3 Å². The second-order valence-electron chi connectivity index (χ2n) is 14.7. The molecule has 1 N–H and O–H groups in total. The van der Waals surface area contributed by atoms with Crippen molar-refractivity contribution in [2.75, 3.05) is 0 Å². The monoisotopic (exact) mass is 651 g/mol. The summed E-state index contributed by atoms with van der Waals surface area (Å²) in [7, 11) is -6.65. The highest BCUT2D eigenvalue weighted by Crippen LogP contribution is 2.40. The average molecular weight is 652 g/mol. The smallest absolute Gasteiger partial charge is 0.243 e. The van der Waals surface area contributed by atoms with Crippen molar-refractivity contribution in [2.45, 2.75) is 116 Å². The van der Waals surface area contributed by atoms with Gasteiger partial charge in [0.1, 0.15) is 5.78 Å². The molecule has 6 nitrogen and oxygen atoms in total. The predicted molar refractivity (Wildman–Crippen MR) is 186 cm³/mol. The van der Waals surface area contributed by atoms with Crippen molar-refractivity contribution in [3.05, 3.63) is 102 Å². The van der Waals surface area contributed by atoms with Crippen molar-refractivity contribution in [1.29, 1.82) is 0 Å². The normalized spacial score (nSPS) is 15.1. The van der Waals surface area contributed by atoms with Crippen molar-refractivity contribution in [3.63, 3.8) is 0 Å². The fourth-order valence-electron chi connectivity index (χ4n) is 5.01. The van der Waals surface area contributed by atoms with Crippen LogP contribution in [0.1, 0.15) is 71.1 Å². The van der Waals surface area contributed by atoms with Crippen LogP contribution < -0.4 is 0 Å². The number of hydrogen-bond donors (Lipinski definition) is 1. The summed E-state index contributed by atoms with van der Waals surface area (Å²) in [6.45, 7) is 18.1. The molecule has 0 aliphatic heterocycles. The van der Waals surface area contributed by atoms with Crippen molar-refractivity contribution in [3.8, 4) is 0 Å². The molecule has 0 amide bonds. The minimum absolute atomic E-state index is 0.0190. The van der Waals surface area contributed by atoms with E-state index in [1.54, 1.807) is 24.3 Å². The number of nitrogens with zero attached hydrogens (tertiary/aromatic N) is 1. The molecular formula is C37H53NO5SSi. The molecule has 3 aromatic rings. The molecule has 0 aromatic heterocycles. The van der Waals surface area contributed by atoms with Crippen LogP contribution >= 0.6 is 0 Å². The van der Waals surface area contributed by atoms with Crippen LogP contribution in [0.3, 0.4) is 0 Å².